The summed E-state index contributed by atoms with van der Waals surface area (Å²) in [5.74, 6) is 0.237. The number of amides is 2. The van der Waals surface area contributed by atoms with Crippen LogP contribution in [0.2, 0.25) is 0 Å². The summed E-state index contributed by atoms with van der Waals surface area (Å²) >= 11 is 0. The minimum Gasteiger partial charge on any atom is -0.436 e. The third kappa shape index (κ3) is 4.55. The Morgan fingerprint density at radius 3 is 2.83 bits per heavy atom. The van der Waals surface area contributed by atoms with Crippen molar-refractivity contribution in [1.29, 1.82) is 0 Å². The number of ether oxygens (including phenoxy) is 2. The highest BCUT2D eigenvalue weighted by atomic mass is 16.5. The number of para-hydroxylation sites is 2. The summed E-state index contributed by atoms with van der Waals surface area (Å²) in [6, 6.07) is 10.5. The molecule has 8 nitrogen and oxygen atoms in total. The van der Waals surface area contributed by atoms with E-state index in [1.807, 2.05) is 12.1 Å². The third-order valence-corrected chi connectivity index (χ3v) is 4.99. The number of pyridine rings is 1. The van der Waals surface area contributed by atoms with Gasteiger partial charge in [0.05, 0.1) is 18.9 Å². The first-order valence-electron chi connectivity index (χ1n) is 9.83. The molecule has 3 heterocycles. The van der Waals surface area contributed by atoms with Crippen molar-refractivity contribution < 1.29 is 19.1 Å². The van der Waals surface area contributed by atoms with E-state index in [4.69, 9.17) is 9.47 Å². The van der Waals surface area contributed by atoms with Crippen LogP contribution in [-0.2, 0) is 9.53 Å². The number of morpholine rings is 1. The highest BCUT2D eigenvalue weighted by Crippen LogP contribution is 2.37. The fourth-order valence-electron chi connectivity index (χ4n) is 3.47. The quantitative estimate of drug-likeness (QED) is 0.748. The number of fused-ring (bicyclic) bond motifs is 2. The van der Waals surface area contributed by atoms with Crippen LogP contribution in [0, 0.1) is 0 Å². The van der Waals surface area contributed by atoms with E-state index >= 15 is 0 Å². The Kier molecular flexibility index (Phi) is 6.02. The molecule has 2 aromatic rings. The first-order chi connectivity index (χ1) is 14.2. The Labute approximate surface area is 169 Å². The second-order valence-electron chi connectivity index (χ2n) is 6.97. The molecule has 0 aliphatic carbocycles. The third-order valence-electron chi connectivity index (χ3n) is 4.99. The molecular formula is C21H24N4O4. The van der Waals surface area contributed by atoms with Gasteiger partial charge in [0.2, 0.25) is 11.8 Å². The SMILES string of the molecule is O=C(CN1C(=O)c2cccnc2Oc2ccccc21)NCCCN1CCOCC1. The number of rotatable bonds is 6. The number of carbonyl (C=O) groups excluding carboxylic acids is 2. The molecule has 4 rings (SSSR count). The summed E-state index contributed by atoms with van der Waals surface area (Å²) in [7, 11) is 0. The van der Waals surface area contributed by atoms with Crippen molar-refractivity contribution in [3.05, 3.63) is 48.2 Å². The van der Waals surface area contributed by atoms with Crippen LogP contribution in [-0.4, -0.2) is 67.6 Å². The number of anilines is 1. The van der Waals surface area contributed by atoms with Gasteiger partial charge >= 0.3 is 0 Å². The number of hydrogen-bond acceptors (Lipinski definition) is 6. The molecule has 29 heavy (non-hydrogen) atoms. The maximum absolute atomic E-state index is 13.1. The summed E-state index contributed by atoms with van der Waals surface area (Å²) in [5.41, 5.74) is 0.891. The van der Waals surface area contributed by atoms with E-state index < -0.39 is 0 Å². The Morgan fingerprint density at radius 1 is 1.14 bits per heavy atom. The molecular weight excluding hydrogens is 372 g/mol. The van der Waals surface area contributed by atoms with Gasteiger partial charge in [0, 0.05) is 25.8 Å². The van der Waals surface area contributed by atoms with Crippen molar-refractivity contribution in [1.82, 2.24) is 15.2 Å². The van der Waals surface area contributed by atoms with E-state index in [0.717, 1.165) is 39.3 Å². The molecule has 1 fully saturated rings. The lowest BCUT2D eigenvalue weighted by atomic mass is 10.2. The molecule has 2 amide bonds. The number of hydrogen-bond donors (Lipinski definition) is 1. The summed E-state index contributed by atoms with van der Waals surface area (Å²) in [6.07, 6.45) is 2.43. The van der Waals surface area contributed by atoms with E-state index in [0.29, 0.717) is 23.5 Å². The molecule has 2 aliphatic heterocycles. The molecule has 152 valence electrons. The second-order valence-corrected chi connectivity index (χ2v) is 6.97. The minimum absolute atomic E-state index is 0.0783. The highest BCUT2D eigenvalue weighted by Gasteiger charge is 2.30. The maximum Gasteiger partial charge on any atom is 0.264 e. The van der Waals surface area contributed by atoms with Gasteiger partial charge in [-0.3, -0.25) is 19.4 Å². The first kappa shape index (κ1) is 19.4. The van der Waals surface area contributed by atoms with Gasteiger partial charge in [-0.2, -0.15) is 0 Å². The van der Waals surface area contributed by atoms with Crippen LogP contribution in [0.1, 0.15) is 16.8 Å². The highest BCUT2D eigenvalue weighted by molar-refractivity contribution is 6.11. The molecule has 1 aromatic heterocycles. The standard InChI is InChI=1S/C21H24N4O4/c26-19(22-9-4-10-24-11-13-28-14-12-24)15-25-17-6-1-2-7-18(17)29-20-16(21(25)27)5-3-8-23-20/h1-3,5-8H,4,9-15H2,(H,22,26). The normalized spacial score (nSPS) is 16.4. The van der Waals surface area contributed by atoms with Crippen LogP contribution < -0.4 is 15.0 Å². The molecule has 1 aromatic carbocycles. The van der Waals surface area contributed by atoms with Crippen LogP contribution >= 0.6 is 0 Å². The Bertz CT molecular complexity index is 882. The fourth-order valence-corrected chi connectivity index (χ4v) is 3.47. The van der Waals surface area contributed by atoms with Gasteiger partial charge in [-0.1, -0.05) is 12.1 Å². The van der Waals surface area contributed by atoms with Crippen LogP contribution in [0.3, 0.4) is 0 Å². The van der Waals surface area contributed by atoms with Gasteiger partial charge in [0.15, 0.2) is 5.75 Å². The fraction of sp³-hybridized carbons (Fsp3) is 0.381. The van der Waals surface area contributed by atoms with Crippen molar-refractivity contribution in [2.75, 3.05) is 50.8 Å². The van der Waals surface area contributed by atoms with Crippen LogP contribution in [0.25, 0.3) is 0 Å². The average Bonchev–Trinajstić information content (AvgIpc) is 2.87. The van der Waals surface area contributed by atoms with Gasteiger partial charge in [-0.15, -0.1) is 0 Å². The first-order valence-corrected chi connectivity index (χ1v) is 9.83. The predicted molar refractivity (Wildman–Crippen MR) is 107 cm³/mol. The summed E-state index contributed by atoms with van der Waals surface area (Å²) in [4.78, 5) is 33.6. The minimum atomic E-state index is -0.304. The molecule has 2 aliphatic rings. The molecule has 1 saturated heterocycles. The van der Waals surface area contributed by atoms with Gasteiger partial charge in [-0.05, 0) is 37.2 Å². The zero-order valence-electron chi connectivity index (χ0n) is 16.2. The lowest BCUT2D eigenvalue weighted by molar-refractivity contribution is -0.119. The van der Waals surface area contributed by atoms with Gasteiger partial charge in [0.1, 0.15) is 12.1 Å². The molecule has 0 radical (unpaired) electrons. The summed E-state index contributed by atoms with van der Waals surface area (Å²) < 4.78 is 11.2. The van der Waals surface area contributed by atoms with Crippen molar-refractivity contribution in [2.24, 2.45) is 0 Å². The smallest absolute Gasteiger partial charge is 0.264 e. The molecule has 0 unspecified atom stereocenters. The van der Waals surface area contributed by atoms with Gasteiger partial charge in [0.25, 0.3) is 5.91 Å². The number of nitrogens with zero attached hydrogens (tertiary/aromatic N) is 3. The molecule has 1 N–H and O–H groups in total. The second kappa shape index (κ2) is 9.02. The predicted octanol–water partition coefficient (Wildman–Crippen LogP) is 1.67. The van der Waals surface area contributed by atoms with Gasteiger partial charge in [-0.25, -0.2) is 4.98 Å². The molecule has 8 heteroatoms. The number of carbonyl (C=O) groups is 2. The summed E-state index contributed by atoms with van der Waals surface area (Å²) in [6.45, 7) is 4.80. The molecule has 0 saturated carbocycles. The lowest BCUT2D eigenvalue weighted by Crippen LogP contribution is -2.42. The Hall–Kier alpha value is -2.97. The van der Waals surface area contributed by atoms with E-state index in [9.17, 15) is 9.59 Å². The van der Waals surface area contributed by atoms with Crippen LogP contribution in [0.4, 0.5) is 5.69 Å². The van der Waals surface area contributed by atoms with E-state index in [2.05, 4.69) is 15.2 Å². The molecule has 0 spiro atoms. The Balaban J connectivity index is 1.40. The van der Waals surface area contributed by atoms with Crippen LogP contribution in [0.15, 0.2) is 42.6 Å². The summed E-state index contributed by atoms with van der Waals surface area (Å²) in [5, 5.41) is 2.92. The molecule has 0 bridgehead atoms. The van der Waals surface area contributed by atoms with E-state index in [1.165, 1.54) is 4.90 Å². The zero-order chi connectivity index (χ0) is 20.1. The van der Waals surface area contributed by atoms with Crippen LogP contribution in [0.5, 0.6) is 11.6 Å². The topological polar surface area (TPSA) is 84.0 Å². The van der Waals surface area contributed by atoms with Gasteiger partial charge < -0.3 is 14.8 Å². The monoisotopic (exact) mass is 396 g/mol. The number of nitrogens with one attached hydrogen (secondary N) is 1. The average molecular weight is 396 g/mol. The van der Waals surface area contributed by atoms with Crippen molar-refractivity contribution in [3.63, 3.8) is 0 Å². The number of benzene rings is 1. The van der Waals surface area contributed by atoms with Crippen molar-refractivity contribution >= 4 is 17.5 Å². The van der Waals surface area contributed by atoms with Crippen molar-refractivity contribution in [3.8, 4) is 11.6 Å². The lowest BCUT2D eigenvalue weighted by Gasteiger charge is -2.26. The zero-order valence-corrected chi connectivity index (χ0v) is 16.2. The number of aromatic nitrogens is 1. The largest absolute Gasteiger partial charge is 0.436 e. The van der Waals surface area contributed by atoms with E-state index in [1.54, 1.807) is 30.5 Å². The van der Waals surface area contributed by atoms with E-state index in [-0.39, 0.29) is 24.2 Å². The Morgan fingerprint density at radius 2 is 1.97 bits per heavy atom. The maximum atomic E-state index is 13.1. The molecule has 0 atom stereocenters. The van der Waals surface area contributed by atoms with Crippen molar-refractivity contribution in [2.45, 2.75) is 6.42 Å².